The maximum absolute atomic E-state index is 12.1. The molecule has 1 heterocycles. The summed E-state index contributed by atoms with van der Waals surface area (Å²) in [5.74, 6) is 0.711. The molecule has 0 bridgehead atoms. The SMILES string of the molecule is O=C(Nc1ccccc1)Nc1ccc(Nc2cc(-c3cccc(Br)c3)[nH]n2)cc1. The molecule has 0 saturated carbocycles. The number of anilines is 4. The number of halogens is 1. The van der Waals surface area contributed by atoms with Crippen molar-refractivity contribution in [2.75, 3.05) is 16.0 Å². The van der Waals surface area contributed by atoms with E-state index in [1.54, 1.807) is 0 Å². The molecular formula is C22H18BrN5O. The summed E-state index contributed by atoms with van der Waals surface area (Å²) in [6, 6.07) is 26.4. The van der Waals surface area contributed by atoms with E-state index in [9.17, 15) is 4.79 Å². The molecule has 2 amide bonds. The fraction of sp³-hybridized carbons (Fsp3) is 0. The van der Waals surface area contributed by atoms with Crippen LogP contribution in [0.3, 0.4) is 0 Å². The monoisotopic (exact) mass is 447 g/mol. The van der Waals surface area contributed by atoms with Crippen molar-refractivity contribution in [2.24, 2.45) is 0 Å². The zero-order valence-corrected chi connectivity index (χ0v) is 16.9. The maximum Gasteiger partial charge on any atom is 0.323 e. The van der Waals surface area contributed by atoms with Crippen molar-refractivity contribution < 1.29 is 4.79 Å². The number of H-pyrrole nitrogens is 1. The molecule has 4 aromatic rings. The molecule has 3 aromatic carbocycles. The third-order valence-electron chi connectivity index (χ3n) is 4.16. The zero-order valence-electron chi connectivity index (χ0n) is 15.3. The molecule has 0 aliphatic carbocycles. The third kappa shape index (κ3) is 5.03. The Morgan fingerprint density at radius 1 is 0.793 bits per heavy atom. The van der Waals surface area contributed by atoms with Gasteiger partial charge in [-0.3, -0.25) is 5.10 Å². The third-order valence-corrected chi connectivity index (χ3v) is 4.65. The topological polar surface area (TPSA) is 81.8 Å². The van der Waals surface area contributed by atoms with E-state index in [1.807, 2.05) is 84.9 Å². The van der Waals surface area contributed by atoms with E-state index in [4.69, 9.17) is 0 Å². The Morgan fingerprint density at radius 3 is 2.21 bits per heavy atom. The molecule has 4 N–H and O–H groups in total. The average Bonchev–Trinajstić information content (AvgIpc) is 3.19. The van der Waals surface area contributed by atoms with Crippen LogP contribution in [-0.4, -0.2) is 16.2 Å². The van der Waals surface area contributed by atoms with E-state index in [2.05, 4.69) is 42.1 Å². The van der Waals surface area contributed by atoms with Gasteiger partial charge >= 0.3 is 6.03 Å². The van der Waals surface area contributed by atoms with Crippen LogP contribution in [0.4, 0.5) is 27.7 Å². The van der Waals surface area contributed by atoms with Crippen LogP contribution >= 0.6 is 15.9 Å². The predicted octanol–water partition coefficient (Wildman–Crippen LogP) is 6.23. The number of hydrogen-bond donors (Lipinski definition) is 4. The second kappa shape index (κ2) is 8.62. The van der Waals surface area contributed by atoms with Gasteiger partial charge in [0.15, 0.2) is 5.82 Å². The van der Waals surface area contributed by atoms with Crippen LogP contribution < -0.4 is 16.0 Å². The molecule has 0 spiro atoms. The molecule has 0 saturated heterocycles. The van der Waals surface area contributed by atoms with Crippen LogP contribution in [0.1, 0.15) is 0 Å². The number of nitrogens with one attached hydrogen (secondary N) is 4. The number of aromatic amines is 1. The summed E-state index contributed by atoms with van der Waals surface area (Å²) >= 11 is 3.48. The Kier molecular flexibility index (Phi) is 5.58. The Morgan fingerprint density at radius 2 is 1.48 bits per heavy atom. The summed E-state index contributed by atoms with van der Waals surface area (Å²) in [6.07, 6.45) is 0. The van der Waals surface area contributed by atoms with Crippen molar-refractivity contribution in [1.29, 1.82) is 0 Å². The summed E-state index contributed by atoms with van der Waals surface area (Å²) in [4.78, 5) is 12.1. The molecule has 144 valence electrons. The number of nitrogens with zero attached hydrogens (tertiary/aromatic N) is 1. The van der Waals surface area contributed by atoms with E-state index in [0.717, 1.165) is 27.1 Å². The van der Waals surface area contributed by atoms with Gasteiger partial charge in [-0.1, -0.05) is 46.3 Å². The summed E-state index contributed by atoms with van der Waals surface area (Å²) in [5.41, 5.74) is 4.27. The Bertz CT molecular complexity index is 1110. The molecule has 0 unspecified atom stereocenters. The minimum Gasteiger partial charge on any atom is -0.339 e. The van der Waals surface area contributed by atoms with Gasteiger partial charge in [0.1, 0.15) is 0 Å². The first-order chi connectivity index (χ1) is 14.2. The first kappa shape index (κ1) is 18.8. The lowest BCUT2D eigenvalue weighted by Gasteiger charge is -2.08. The van der Waals surface area contributed by atoms with Crippen molar-refractivity contribution in [1.82, 2.24) is 10.2 Å². The number of para-hydroxylation sites is 1. The van der Waals surface area contributed by atoms with Crippen molar-refractivity contribution in [2.45, 2.75) is 0 Å². The largest absolute Gasteiger partial charge is 0.339 e. The molecule has 4 rings (SSSR count). The van der Waals surface area contributed by atoms with Crippen LogP contribution in [0.15, 0.2) is 89.4 Å². The quantitative estimate of drug-likeness (QED) is 0.292. The van der Waals surface area contributed by atoms with Gasteiger partial charge in [-0.05, 0) is 48.5 Å². The molecule has 0 atom stereocenters. The summed E-state index contributed by atoms with van der Waals surface area (Å²) in [6.45, 7) is 0. The highest BCUT2D eigenvalue weighted by molar-refractivity contribution is 9.10. The molecular weight excluding hydrogens is 430 g/mol. The van der Waals surface area contributed by atoms with Crippen LogP contribution in [0.5, 0.6) is 0 Å². The van der Waals surface area contributed by atoms with E-state index in [1.165, 1.54) is 0 Å². The standard InChI is InChI=1S/C22H18BrN5O/c23-16-6-4-5-15(13-16)20-14-21(28-27-20)24-18-9-11-19(12-10-18)26-22(29)25-17-7-2-1-3-8-17/h1-14H,(H2,24,27,28)(H2,25,26,29). The van der Waals surface area contributed by atoms with Gasteiger partial charge in [0.2, 0.25) is 0 Å². The van der Waals surface area contributed by atoms with Gasteiger partial charge in [0, 0.05) is 33.2 Å². The van der Waals surface area contributed by atoms with Gasteiger partial charge in [-0.15, -0.1) is 0 Å². The van der Waals surface area contributed by atoms with Crippen LogP contribution in [0.2, 0.25) is 0 Å². The molecule has 0 aliphatic rings. The molecule has 7 heteroatoms. The Labute approximate surface area is 176 Å². The normalized spacial score (nSPS) is 10.4. The van der Waals surface area contributed by atoms with Crippen LogP contribution in [0.25, 0.3) is 11.3 Å². The number of carbonyl (C=O) groups excluding carboxylic acids is 1. The van der Waals surface area contributed by atoms with E-state index in [-0.39, 0.29) is 6.03 Å². The number of rotatable bonds is 5. The lowest BCUT2D eigenvalue weighted by Crippen LogP contribution is -2.19. The van der Waals surface area contributed by atoms with Gasteiger partial charge in [-0.2, -0.15) is 5.10 Å². The van der Waals surface area contributed by atoms with E-state index >= 15 is 0 Å². The smallest absolute Gasteiger partial charge is 0.323 e. The number of amides is 2. The minimum absolute atomic E-state index is 0.289. The summed E-state index contributed by atoms with van der Waals surface area (Å²) < 4.78 is 1.01. The molecule has 0 radical (unpaired) electrons. The number of benzene rings is 3. The highest BCUT2D eigenvalue weighted by Gasteiger charge is 2.06. The first-order valence-electron chi connectivity index (χ1n) is 8.97. The van der Waals surface area contributed by atoms with E-state index < -0.39 is 0 Å². The second-order valence-corrected chi connectivity index (χ2v) is 7.24. The molecule has 0 fully saturated rings. The number of carbonyl (C=O) groups is 1. The molecule has 6 nitrogen and oxygen atoms in total. The second-order valence-electron chi connectivity index (χ2n) is 6.32. The van der Waals surface area contributed by atoms with Gasteiger partial charge in [-0.25, -0.2) is 4.79 Å². The lowest BCUT2D eigenvalue weighted by atomic mass is 10.1. The van der Waals surface area contributed by atoms with Crippen molar-refractivity contribution >= 4 is 44.8 Å². The van der Waals surface area contributed by atoms with Crippen LogP contribution in [-0.2, 0) is 0 Å². The van der Waals surface area contributed by atoms with Crippen molar-refractivity contribution in [3.63, 3.8) is 0 Å². The molecule has 29 heavy (non-hydrogen) atoms. The van der Waals surface area contributed by atoms with E-state index in [0.29, 0.717) is 11.5 Å². The molecule has 1 aromatic heterocycles. The van der Waals surface area contributed by atoms with Gasteiger partial charge < -0.3 is 16.0 Å². The lowest BCUT2D eigenvalue weighted by molar-refractivity contribution is 0.262. The average molecular weight is 448 g/mol. The Balaban J connectivity index is 1.37. The Hall–Kier alpha value is -3.58. The number of hydrogen-bond acceptors (Lipinski definition) is 3. The highest BCUT2D eigenvalue weighted by atomic mass is 79.9. The maximum atomic E-state index is 12.1. The number of urea groups is 1. The zero-order chi connectivity index (χ0) is 20.1. The summed E-state index contributed by atoms with van der Waals surface area (Å²) in [7, 11) is 0. The summed E-state index contributed by atoms with van der Waals surface area (Å²) in [5, 5.41) is 16.2. The van der Waals surface area contributed by atoms with Gasteiger partial charge in [0.25, 0.3) is 0 Å². The van der Waals surface area contributed by atoms with Crippen molar-refractivity contribution in [3.8, 4) is 11.3 Å². The van der Waals surface area contributed by atoms with Gasteiger partial charge in [0.05, 0.1) is 5.69 Å². The molecule has 0 aliphatic heterocycles. The number of aromatic nitrogens is 2. The first-order valence-corrected chi connectivity index (χ1v) is 9.76. The highest BCUT2D eigenvalue weighted by Crippen LogP contribution is 2.25. The predicted molar refractivity (Wildman–Crippen MR) is 121 cm³/mol. The fourth-order valence-corrected chi connectivity index (χ4v) is 3.19. The minimum atomic E-state index is -0.289. The van der Waals surface area contributed by atoms with Crippen molar-refractivity contribution in [3.05, 3.63) is 89.4 Å². The fourth-order valence-electron chi connectivity index (χ4n) is 2.79. The van der Waals surface area contributed by atoms with Crippen LogP contribution in [0, 0.1) is 0 Å².